The van der Waals surface area contributed by atoms with Gasteiger partial charge in [0.15, 0.2) is 0 Å². The molecule has 0 aliphatic heterocycles. The maximum absolute atomic E-state index is 12.9. The zero-order chi connectivity index (χ0) is 25.3. The Morgan fingerprint density at radius 2 is 1.69 bits per heavy atom. The summed E-state index contributed by atoms with van der Waals surface area (Å²) in [5.74, 6) is 0.0297. The summed E-state index contributed by atoms with van der Waals surface area (Å²) in [7, 11) is 0. The van der Waals surface area contributed by atoms with Crippen LogP contribution in [0.2, 0.25) is 0 Å². The maximum Gasteiger partial charge on any atom is 0.251 e. The van der Waals surface area contributed by atoms with Crippen LogP contribution in [0.5, 0.6) is 0 Å². The Hall–Kier alpha value is -3.40. The van der Waals surface area contributed by atoms with Crippen LogP contribution < -0.4 is 5.32 Å². The van der Waals surface area contributed by atoms with Gasteiger partial charge in [0.2, 0.25) is 0 Å². The van der Waals surface area contributed by atoms with Gasteiger partial charge in [0.05, 0.1) is 17.8 Å². The predicted octanol–water partition coefficient (Wildman–Crippen LogP) is 7.42. The quantitative estimate of drug-likeness (QED) is 0.324. The first kappa shape index (κ1) is 24.3. The fourth-order valence-electron chi connectivity index (χ4n) is 5.47. The van der Waals surface area contributed by atoms with E-state index in [4.69, 9.17) is 5.10 Å². The summed E-state index contributed by atoms with van der Waals surface area (Å²) < 4.78 is 2.05. The van der Waals surface area contributed by atoms with Crippen LogP contribution in [-0.2, 0) is 12.0 Å². The van der Waals surface area contributed by atoms with E-state index >= 15 is 0 Å². The number of nitrogens with zero attached hydrogens (tertiary/aromatic N) is 2. The molecule has 0 spiro atoms. The number of benzene rings is 3. The summed E-state index contributed by atoms with van der Waals surface area (Å²) in [5, 5.41) is 9.09. The molecular formula is C32H37N3O. The number of hydrogen-bond acceptors (Lipinski definition) is 2. The van der Waals surface area contributed by atoms with Gasteiger partial charge in [0.1, 0.15) is 0 Å². The number of hydrogen-bond donors (Lipinski definition) is 1. The molecule has 0 unspecified atom stereocenters. The lowest BCUT2D eigenvalue weighted by Crippen LogP contribution is -2.36. The summed E-state index contributed by atoms with van der Waals surface area (Å²) in [6.45, 7) is 9.50. The molecule has 0 atom stereocenters. The lowest BCUT2D eigenvalue weighted by atomic mass is 9.82. The second-order valence-corrected chi connectivity index (χ2v) is 11.3. The summed E-state index contributed by atoms with van der Waals surface area (Å²) >= 11 is 0. The van der Waals surface area contributed by atoms with Gasteiger partial charge >= 0.3 is 0 Å². The van der Waals surface area contributed by atoms with Crippen molar-refractivity contribution in [2.24, 2.45) is 0 Å². The highest BCUT2D eigenvalue weighted by atomic mass is 16.1. The molecular weight excluding hydrogens is 442 g/mol. The molecule has 1 N–H and O–H groups in total. The Morgan fingerprint density at radius 1 is 0.972 bits per heavy atom. The van der Waals surface area contributed by atoms with E-state index in [1.807, 2.05) is 29.8 Å². The number of fused-ring (bicyclic) bond motifs is 1. The van der Waals surface area contributed by atoms with Gasteiger partial charge in [-0.05, 0) is 65.6 Å². The Balaban J connectivity index is 1.35. The Labute approximate surface area is 214 Å². The molecule has 5 rings (SSSR count). The number of nitrogens with one attached hydrogen (secondary N) is 1. The monoisotopic (exact) mass is 479 g/mol. The van der Waals surface area contributed by atoms with E-state index in [0.717, 1.165) is 35.0 Å². The lowest BCUT2D eigenvalue weighted by Gasteiger charge is -2.23. The topological polar surface area (TPSA) is 46.9 Å². The van der Waals surface area contributed by atoms with Crippen LogP contribution in [0.4, 0.5) is 0 Å². The normalized spacial score (nSPS) is 14.8. The Morgan fingerprint density at radius 3 is 2.42 bits per heavy atom. The van der Waals surface area contributed by atoms with Crippen LogP contribution in [-0.4, -0.2) is 21.7 Å². The highest BCUT2D eigenvalue weighted by Crippen LogP contribution is 2.33. The number of carbonyl (C=O) groups is 1. The predicted molar refractivity (Wildman–Crippen MR) is 148 cm³/mol. The molecule has 1 amide bonds. The fourth-order valence-corrected chi connectivity index (χ4v) is 5.47. The van der Waals surface area contributed by atoms with Gasteiger partial charge in [-0.3, -0.25) is 9.48 Å². The molecule has 0 bridgehead atoms. The number of carbonyl (C=O) groups excluding carboxylic acids is 1. The van der Waals surface area contributed by atoms with Crippen molar-refractivity contribution in [1.82, 2.24) is 15.1 Å². The average molecular weight is 480 g/mol. The molecule has 4 nitrogen and oxygen atoms in total. The van der Waals surface area contributed by atoms with E-state index in [9.17, 15) is 4.79 Å². The van der Waals surface area contributed by atoms with Crippen LogP contribution >= 0.6 is 0 Å². The van der Waals surface area contributed by atoms with Gasteiger partial charge in [0.25, 0.3) is 5.91 Å². The first-order valence-electron chi connectivity index (χ1n) is 13.3. The van der Waals surface area contributed by atoms with Crippen molar-refractivity contribution in [2.45, 2.75) is 77.8 Å². The first-order valence-corrected chi connectivity index (χ1v) is 13.3. The standard InChI is InChI=1S/C32H37N3O/c1-22-28-20-25(31(36)33-26-10-6-5-7-11-26)18-19-30(28)35(34-22)21-23-14-16-24(17-15-23)27-12-8-9-13-29(27)32(2,3)4/h8-9,12-20,26H,5-7,10-11,21H2,1-4H3,(H,33,36). The average Bonchev–Trinajstić information content (AvgIpc) is 3.19. The molecule has 4 aromatic rings. The van der Waals surface area contributed by atoms with E-state index in [-0.39, 0.29) is 11.3 Å². The van der Waals surface area contributed by atoms with Crippen LogP contribution in [0.25, 0.3) is 22.0 Å². The molecule has 1 saturated carbocycles. The number of amides is 1. The Kier molecular flexibility index (Phi) is 6.70. The van der Waals surface area contributed by atoms with Crippen molar-refractivity contribution in [3.8, 4) is 11.1 Å². The molecule has 0 saturated heterocycles. The first-order chi connectivity index (χ1) is 17.3. The van der Waals surface area contributed by atoms with Crippen molar-refractivity contribution in [3.05, 3.63) is 89.1 Å². The number of aryl methyl sites for hydroxylation is 1. The van der Waals surface area contributed by atoms with Gasteiger partial charge in [0, 0.05) is 17.0 Å². The molecule has 1 heterocycles. The molecule has 0 radical (unpaired) electrons. The third kappa shape index (κ3) is 5.09. The van der Waals surface area contributed by atoms with Gasteiger partial charge in [-0.25, -0.2) is 0 Å². The molecule has 4 heteroatoms. The van der Waals surface area contributed by atoms with Gasteiger partial charge in [-0.1, -0.05) is 88.6 Å². The fraction of sp³-hybridized carbons (Fsp3) is 0.375. The van der Waals surface area contributed by atoms with Crippen molar-refractivity contribution in [3.63, 3.8) is 0 Å². The third-order valence-corrected chi connectivity index (χ3v) is 7.47. The SMILES string of the molecule is Cc1nn(Cc2ccc(-c3ccccc3C(C)(C)C)cc2)c2ccc(C(=O)NC3CCCCC3)cc12. The zero-order valence-electron chi connectivity index (χ0n) is 22.0. The molecule has 1 aliphatic carbocycles. The van der Waals surface area contributed by atoms with E-state index in [2.05, 4.69) is 74.6 Å². The highest BCUT2D eigenvalue weighted by molar-refractivity contribution is 5.98. The van der Waals surface area contributed by atoms with Gasteiger partial charge < -0.3 is 5.32 Å². The van der Waals surface area contributed by atoms with Gasteiger partial charge in [-0.2, -0.15) is 5.10 Å². The molecule has 1 aliphatic rings. The van der Waals surface area contributed by atoms with Crippen LogP contribution in [0.3, 0.4) is 0 Å². The smallest absolute Gasteiger partial charge is 0.251 e. The second kappa shape index (κ2) is 9.93. The molecule has 3 aromatic carbocycles. The molecule has 1 aromatic heterocycles. The maximum atomic E-state index is 12.9. The number of rotatable bonds is 5. The summed E-state index contributed by atoms with van der Waals surface area (Å²) in [6, 6.07) is 23.8. The number of aromatic nitrogens is 2. The van der Waals surface area contributed by atoms with Crippen molar-refractivity contribution >= 4 is 16.8 Å². The summed E-state index contributed by atoms with van der Waals surface area (Å²) in [6.07, 6.45) is 5.88. The minimum Gasteiger partial charge on any atom is -0.349 e. The lowest BCUT2D eigenvalue weighted by molar-refractivity contribution is 0.0928. The van der Waals surface area contributed by atoms with Gasteiger partial charge in [-0.15, -0.1) is 0 Å². The van der Waals surface area contributed by atoms with Crippen molar-refractivity contribution in [1.29, 1.82) is 0 Å². The van der Waals surface area contributed by atoms with Crippen molar-refractivity contribution in [2.75, 3.05) is 0 Å². The minimum absolute atomic E-state index is 0.0297. The Bertz CT molecular complexity index is 1370. The summed E-state index contributed by atoms with van der Waals surface area (Å²) in [5.41, 5.74) is 7.91. The largest absolute Gasteiger partial charge is 0.349 e. The molecule has 36 heavy (non-hydrogen) atoms. The van der Waals surface area contributed by atoms with Crippen LogP contribution in [0.15, 0.2) is 66.7 Å². The second-order valence-electron chi connectivity index (χ2n) is 11.3. The van der Waals surface area contributed by atoms with E-state index in [1.54, 1.807) is 0 Å². The highest BCUT2D eigenvalue weighted by Gasteiger charge is 2.19. The third-order valence-electron chi connectivity index (χ3n) is 7.47. The van der Waals surface area contributed by atoms with Crippen LogP contribution in [0.1, 0.15) is 80.1 Å². The molecule has 186 valence electrons. The van der Waals surface area contributed by atoms with Crippen LogP contribution in [0, 0.1) is 6.92 Å². The van der Waals surface area contributed by atoms with E-state index in [0.29, 0.717) is 12.6 Å². The van der Waals surface area contributed by atoms with Crippen molar-refractivity contribution < 1.29 is 4.79 Å². The van der Waals surface area contributed by atoms with E-state index < -0.39 is 0 Å². The minimum atomic E-state index is 0.0297. The summed E-state index contributed by atoms with van der Waals surface area (Å²) in [4.78, 5) is 12.9. The molecule has 1 fully saturated rings. The van der Waals surface area contributed by atoms with E-state index in [1.165, 1.54) is 41.5 Å². The zero-order valence-corrected chi connectivity index (χ0v) is 22.0.